The summed E-state index contributed by atoms with van der Waals surface area (Å²) in [5.74, 6) is 2.41. The van der Waals surface area contributed by atoms with Crippen molar-refractivity contribution in [3.05, 3.63) is 42.2 Å². The molecule has 0 atom stereocenters. The first kappa shape index (κ1) is 20.3. The Morgan fingerprint density at radius 3 is 2.46 bits per heavy atom. The zero-order valence-electron chi connectivity index (χ0n) is 13.7. The molecule has 0 spiro atoms. The molecule has 0 fully saturated rings. The number of fused-ring (bicyclic) bond motifs is 1. The molecular formula is C16H22Cl2N4O2. The van der Waals surface area contributed by atoms with E-state index in [1.807, 2.05) is 25.2 Å². The molecule has 1 aromatic heterocycles. The van der Waals surface area contributed by atoms with Gasteiger partial charge in [0.05, 0.1) is 0 Å². The Morgan fingerprint density at radius 2 is 1.71 bits per heavy atom. The molecule has 1 aromatic carbocycles. The van der Waals surface area contributed by atoms with Gasteiger partial charge in [-0.3, -0.25) is 0 Å². The van der Waals surface area contributed by atoms with E-state index in [2.05, 4.69) is 32.9 Å². The summed E-state index contributed by atoms with van der Waals surface area (Å²) in [4.78, 5) is 12.8. The smallest absolute Gasteiger partial charge is 0.231 e. The molecule has 0 saturated carbocycles. The van der Waals surface area contributed by atoms with E-state index in [1.165, 1.54) is 5.56 Å². The summed E-state index contributed by atoms with van der Waals surface area (Å²) in [6.45, 7) is 2.96. The quantitative estimate of drug-likeness (QED) is 0.776. The lowest BCUT2D eigenvalue weighted by molar-refractivity contribution is 0.174. The normalized spacial score (nSPS) is 11.6. The molecule has 6 nitrogen and oxygen atoms in total. The molecule has 2 heterocycles. The Balaban J connectivity index is 0.00000144. The second-order valence-corrected chi connectivity index (χ2v) is 5.40. The van der Waals surface area contributed by atoms with Gasteiger partial charge in [0, 0.05) is 39.1 Å². The maximum Gasteiger partial charge on any atom is 0.231 e. The lowest BCUT2D eigenvalue weighted by Gasteiger charge is -2.22. The van der Waals surface area contributed by atoms with Crippen LogP contribution in [0, 0.1) is 0 Å². The van der Waals surface area contributed by atoms with Crippen LogP contribution in [0.25, 0.3) is 0 Å². The third kappa shape index (κ3) is 5.12. The monoisotopic (exact) mass is 372 g/mol. The van der Waals surface area contributed by atoms with Crippen molar-refractivity contribution in [3.8, 4) is 11.5 Å². The molecule has 0 aliphatic carbocycles. The van der Waals surface area contributed by atoms with Crippen LogP contribution in [-0.4, -0.2) is 48.8 Å². The van der Waals surface area contributed by atoms with Crippen LogP contribution < -0.4 is 14.4 Å². The van der Waals surface area contributed by atoms with Gasteiger partial charge in [-0.2, -0.15) is 0 Å². The molecule has 1 aliphatic rings. The average Bonchev–Trinajstić information content (AvgIpc) is 3.01. The minimum absolute atomic E-state index is 0. The molecule has 8 heteroatoms. The van der Waals surface area contributed by atoms with Gasteiger partial charge in [-0.25, -0.2) is 9.97 Å². The van der Waals surface area contributed by atoms with E-state index in [1.54, 1.807) is 12.4 Å². The summed E-state index contributed by atoms with van der Waals surface area (Å²) in [6, 6.07) is 7.91. The van der Waals surface area contributed by atoms with Gasteiger partial charge in [0.25, 0.3) is 0 Å². The van der Waals surface area contributed by atoms with Gasteiger partial charge in [0.1, 0.15) is 0 Å². The van der Waals surface area contributed by atoms with Crippen molar-refractivity contribution in [2.75, 3.05) is 38.9 Å². The molecule has 0 N–H and O–H groups in total. The second kappa shape index (κ2) is 9.52. The number of rotatable bonds is 6. The van der Waals surface area contributed by atoms with Crippen LogP contribution in [0.4, 0.5) is 5.95 Å². The number of aromatic nitrogens is 2. The highest BCUT2D eigenvalue weighted by Crippen LogP contribution is 2.32. The van der Waals surface area contributed by atoms with Gasteiger partial charge in [-0.15, -0.1) is 24.8 Å². The molecule has 0 saturated heterocycles. The highest BCUT2D eigenvalue weighted by atomic mass is 35.5. The van der Waals surface area contributed by atoms with Crippen molar-refractivity contribution >= 4 is 30.8 Å². The first-order valence-corrected chi connectivity index (χ1v) is 7.27. The van der Waals surface area contributed by atoms with Gasteiger partial charge in [-0.1, -0.05) is 6.07 Å². The van der Waals surface area contributed by atoms with Gasteiger partial charge >= 0.3 is 0 Å². The van der Waals surface area contributed by atoms with Crippen molar-refractivity contribution in [3.63, 3.8) is 0 Å². The third-order valence-corrected chi connectivity index (χ3v) is 3.60. The van der Waals surface area contributed by atoms with Crippen LogP contribution in [0.1, 0.15) is 5.56 Å². The van der Waals surface area contributed by atoms with Crippen molar-refractivity contribution in [2.24, 2.45) is 0 Å². The summed E-state index contributed by atoms with van der Waals surface area (Å²) in [7, 11) is 4.11. The first-order valence-electron chi connectivity index (χ1n) is 7.27. The Bertz CT molecular complexity index is 631. The molecule has 0 bridgehead atoms. The fourth-order valence-corrected chi connectivity index (χ4v) is 2.34. The summed E-state index contributed by atoms with van der Waals surface area (Å²) in [5, 5.41) is 0. The largest absolute Gasteiger partial charge is 0.454 e. The van der Waals surface area contributed by atoms with Crippen LogP contribution in [0.3, 0.4) is 0 Å². The number of nitrogens with zero attached hydrogens (tertiary/aromatic N) is 4. The highest BCUT2D eigenvalue weighted by Gasteiger charge is 2.14. The fraction of sp³-hybridized carbons (Fsp3) is 0.375. The maximum atomic E-state index is 5.41. The van der Waals surface area contributed by atoms with Gasteiger partial charge < -0.3 is 19.3 Å². The predicted octanol–water partition coefficient (Wildman–Crippen LogP) is 2.62. The van der Waals surface area contributed by atoms with E-state index >= 15 is 0 Å². The predicted molar refractivity (Wildman–Crippen MR) is 98.7 cm³/mol. The lowest BCUT2D eigenvalue weighted by atomic mass is 10.2. The minimum atomic E-state index is 0. The summed E-state index contributed by atoms with van der Waals surface area (Å²) < 4.78 is 10.7. The topological polar surface area (TPSA) is 50.7 Å². The van der Waals surface area contributed by atoms with Crippen LogP contribution in [0.5, 0.6) is 11.5 Å². The van der Waals surface area contributed by atoms with E-state index in [9.17, 15) is 0 Å². The Labute approximate surface area is 154 Å². The number of likely N-dealkylation sites (N-methyl/N-ethyl adjacent to an activating group) is 2. The highest BCUT2D eigenvalue weighted by molar-refractivity contribution is 5.85. The molecule has 0 unspecified atom stereocenters. The SMILES string of the molecule is CN(CCN(C)c1ncccn1)Cc1ccc2c(c1)OCO2.Cl.Cl. The first-order chi connectivity index (χ1) is 10.7. The Hall–Kier alpha value is -1.76. The second-order valence-electron chi connectivity index (χ2n) is 5.40. The van der Waals surface area contributed by atoms with E-state index in [-0.39, 0.29) is 24.8 Å². The van der Waals surface area contributed by atoms with Crippen molar-refractivity contribution in [2.45, 2.75) is 6.54 Å². The van der Waals surface area contributed by atoms with E-state index in [0.29, 0.717) is 6.79 Å². The summed E-state index contributed by atoms with van der Waals surface area (Å²) in [5.41, 5.74) is 1.21. The molecule has 0 radical (unpaired) electrons. The van der Waals surface area contributed by atoms with Gasteiger partial charge in [0.15, 0.2) is 11.5 Å². The summed E-state index contributed by atoms with van der Waals surface area (Å²) >= 11 is 0. The number of anilines is 1. The standard InChI is InChI=1S/C16H20N4O2.2ClH/c1-19(8-9-20(2)16-17-6-3-7-18-16)11-13-4-5-14-15(10-13)22-12-21-14;;/h3-7,10H,8-9,11-12H2,1-2H3;2*1H. The maximum absolute atomic E-state index is 5.41. The fourth-order valence-electron chi connectivity index (χ4n) is 2.34. The molecule has 24 heavy (non-hydrogen) atoms. The molecule has 1 aliphatic heterocycles. The number of halogens is 2. The minimum Gasteiger partial charge on any atom is -0.454 e. The molecule has 0 amide bonds. The van der Waals surface area contributed by atoms with Crippen LogP contribution >= 0.6 is 24.8 Å². The average molecular weight is 373 g/mol. The molecule has 3 rings (SSSR count). The third-order valence-electron chi connectivity index (χ3n) is 3.60. The zero-order chi connectivity index (χ0) is 15.4. The van der Waals surface area contributed by atoms with Gasteiger partial charge in [0.2, 0.25) is 12.7 Å². The Morgan fingerprint density at radius 1 is 1.00 bits per heavy atom. The van der Waals surface area contributed by atoms with E-state index < -0.39 is 0 Å². The number of ether oxygens (including phenoxy) is 2. The van der Waals surface area contributed by atoms with Crippen molar-refractivity contribution in [1.82, 2.24) is 14.9 Å². The molecular weight excluding hydrogens is 351 g/mol. The van der Waals surface area contributed by atoms with Crippen LogP contribution in [-0.2, 0) is 6.54 Å². The Kier molecular flexibility index (Phi) is 8.04. The number of benzene rings is 1. The van der Waals surface area contributed by atoms with Crippen LogP contribution in [0.15, 0.2) is 36.7 Å². The number of hydrogen-bond donors (Lipinski definition) is 0. The van der Waals surface area contributed by atoms with E-state index in [0.717, 1.165) is 37.1 Å². The zero-order valence-corrected chi connectivity index (χ0v) is 15.3. The summed E-state index contributed by atoms with van der Waals surface area (Å²) in [6.07, 6.45) is 3.52. The van der Waals surface area contributed by atoms with Crippen molar-refractivity contribution < 1.29 is 9.47 Å². The molecule has 132 valence electrons. The van der Waals surface area contributed by atoms with Crippen molar-refractivity contribution in [1.29, 1.82) is 0 Å². The van der Waals surface area contributed by atoms with Crippen LogP contribution in [0.2, 0.25) is 0 Å². The van der Waals surface area contributed by atoms with E-state index in [4.69, 9.17) is 9.47 Å². The lowest BCUT2D eigenvalue weighted by Crippen LogP contribution is -2.31. The molecule has 2 aromatic rings. The number of hydrogen-bond acceptors (Lipinski definition) is 6. The van der Waals surface area contributed by atoms with Gasteiger partial charge in [-0.05, 0) is 30.8 Å².